The van der Waals surface area contributed by atoms with E-state index in [0.29, 0.717) is 5.92 Å². The van der Waals surface area contributed by atoms with Crippen LogP contribution in [0.25, 0.3) is 0 Å². The highest BCUT2D eigenvalue weighted by atomic mass is 16.5. The molecule has 0 aliphatic heterocycles. The Labute approximate surface area is 121 Å². The maximum absolute atomic E-state index is 5.82. The molecule has 0 heterocycles. The van der Waals surface area contributed by atoms with Crippen molar-refractivity contribution in [3.8, 4) is 17.2 Å². The molecule has 0 aromatic heterocycles. The lowest BCUT2D eigenvalue weighted by atomic mass is 10.0. The summed E-state index contributed by atoms with van der Waals surface area (Å²) in [7, 11) is 0. The predicted molar refractivity (Wildman–Crippen MR) is 82.8 cm³/mol. The molecule has 0 aliphatic rings. The van der Waals surface area contributed by atoms with Gasteiger partial charge >= 0.3 is 0 Å². The van der Waals surface area contributed by atoms with Gasteiger partial charge in [0, 0.05) is 0 Å². The molecule has 0 atom stereocenters. The Morgan fingerprint density at radius 1 is 0.650 bits per heavy atom. The molecule has 0 saturated carbocycles. The maximum atomic E-state index is 5.82. The molecule has 0 N–H and O–H groups in total. The molecule has 0 aliphatic carbocycles. The molecule has 2 nitrogen and oxygen atoms in total. The van der Waals surface area contributed by atoms with Crippen LogP contribution in [0.2, 0.25) is 0 Å². The van der Waals surface area contributed by atoms with Crippen molar-refractivity contribution in [3.63, 3.8) is 0 Å². The highest BCUT2D eigenvalue weighted by Gasteiger charge is 2.02. The summed E-state index contributed by atoms with van der Waals surface area (Å²) in [5.74, 6) is 3.07. The van der Waals surface area contributed by atoms with Gasteiger partial charge in [-0.1, -0.05) is 26.0 Å². The highest BCUT2D eigenvalue weighted by Crippen LogP contribution is 2.25. The van der Waals surface area contributed by atoms with Crippen molar-refractivity contribution in [2.24, 2.45) is 0 Å². The van der Waals surface area contributed by atoms with Crippen molar-refractivity contribution < 1.29 is 9.47 Å². The molecule has 2 heteroatoms. The lowest BCUT2D eigenvalue weighted by Crippen LogP contribution is -2.05. The number of rotatable bonds is 5. The Hall–Kier alpha value is -1.96. The van der Waals surface area contributed by atoms with Crippen LogP contribution < -0.4 is 9.47 Å². The second-order valence-corrected chi connectivity index (χ2v) is 5.46. The van der Waals surface area contributed by atoms with Crippen molar-refractivity contribution in [2.45, 2.75) is 39.7 Å². The van der Waals surface area contributed by atoms with Gasteiger partial charge in [0.05, 0.1) is 6.10 Å². The zero-order valence-electron chi connectivity index (χ0n) is 12.6. The number of hydrogen-bond acceptors (Lipinski definition) is 2. The van der Waals surface area contributed by atoms with Crippen molar-refractivity contribution >= 4 is 0 Å². The smallest absolute Gasteiger partial charge is 0.127 e. The standard InChI is InChI=1S/C18H22O2/c1-13(2)15-5-7-17(8-6-15)20-18-11-9-16(10-12-18)19-14(3)4/h5-14H,1-4H3. The second kappa shape index (κ2) is 6.47. The summed E-state index contributed by atoms with van der Waals surface area (Å²) in [6.07, 6.45) is 0.186. The van der Waals surface area contributed by atoms with Crippen molar-refractivity contribution in [2.75, 3.05) is 0 Å². The summed E-state index contributed by atoms with van der Waals surface area (Å²) in [6, 6.07) is 15.9. The SMILES string of the molecule is CC(C)Oc1ccc(Oc2ccc(C(C)C)cc2)cc1. The summed E-state index contributed by atoms with van der Waals surface area (Å²) in [5.41, 5.74) is 1.32. The molecule has 2 aromatic rings. The Morgan fingerprint density at radius 3 is 1.55 bits per heavy atom. The van der Waals surface area contributed by atoms with E-state index in [9.17, 15) is 0 Å². The van der Waals surface area contributed by atoms with Crippen molar-refractivity contribution in [1.29, 1.82) is 0 Å². The predicted octanol–water partition coefficient (Wildman–Crippen LogP) is 5.39. The van der Waals surface area contributed by atoms with Crippen LogP contribution in [0.15, 0.2) is 48.5 Å². The van der Waals surface area contributed by atoms with Gasteiger partial charge in [-0.15, -0.1) is 0 Å². The number of benzene rings is 2. The van der Waals surface area contributed by atoms with Crippen LogP contribution in [0.3, 0.4) is 0 Å². The average Bonchev–Trinajstić information content (AvgIpc) is 2.41. The molecule has 0 spiro atoms. The highest BCUT2D eigenvalue weighted by molar-refractivity contribution is 5.36. The maximum Gasteiger partial charge on any atom is 0.127 e. The molecule has 20 heavy (non-hydrogen) atoms. The first kappa shape index (κ1) is 14.4. The van der Waals surface area contributed by atoms with Crippen LogP contribution in [0.1, 0.15) is 39.2 Å². The normalized spacial score (nSPS) is 10.9. The Bertz CT molecular complexity index is 524. The summed E-state index contributed by atoms with van der Waals surface area (Å²) in [5, 5.41) is 0. The van der Waals surface area contributed by atoms with Gasteiger partial charge in [0.15, 0.2) is 0 Å². The van der Waals surface area contributed by atoms with Gasteiger partial charge in [-0.05, 0) is 61.7 Å². The molecule has 0 radical (unpaired) electrons. The van der Waals surface area contributed by atoms with Gasteiger partial charge in [0.2, 0.25) is 0 Å². The van der Waals surface area contributed by atoms with Gasteiger partial charge in [0.25, 0.3) is 0 Å². The van der Waals surface area contributed by atoms with E-state index in [-0.39, 0.29) is 6.10 Å². The van der Waals surface area contributed by atoms with Crippen molar-refractivity contribution in [3.05, 3.63) is 54.1 Å². The fourth-order valence-corrected chi connectivity index (χ4v) is 1.92. The van der Waals surface area contributed by atoms with E-state index in [2.05, 4.69) is 26.0 Å². The van der Waals surface area contributed by atoms with E-state index in [0.717, 1.165) is 17.2 Å². The fourth-order valence-electron chi connectivity index (χ4n) is 1.92. The zero-order valence-corrected chi connectivity index (χ0v) is 12.6. The van der Waals surface area contributed by atoms with Gasteiger partial charge in [-0.25, -0.2) is 0 Å². The van der Waals surface area contributed by atoms with Crippen LogP contribution >= 0.6 is 0 Å². The fraction of sp³-hybridized carbons (Fsp3) is 0.333. The average molecular weight is 270 g/mol. The Morgan fingerprint density at radius 2 is 1.10 bits per heavy atom. The topological polar surface area (TPSA) is 18.5 Å². The van der Waals surface area contributed by atoms with E-state index < -0.39 is 0 Å². The number of hydrogen-bond donors (Lipinski definition) is 0. The summed E-state index contributed by atoms with van der Waals surface area (Å²) in [4.78, 5) is 0. The molecule has 0 unspecified atom stereocenters. The lowest BCUT2D eigenvalue weighted by molar-refractivity contribution is 0.242. The second-order valence-electron chi connectivity index (χ2n) is 5.46. The first-order chi connectivity index (χ1) is 9.54. The lowest BCUT2D eigenvalue weighted by Gasteiger charge is -2.11. The zero-order chi connectivity index (χ0) is 14.5. The summed E-state index contributed by atoms with van der Waals surface area (Å²) < 4.78 is 11.4. The third-order valence-electron chi connectivity index (χ3n) is 2.98. The molecule has 0 saturated heterocycles. The third-order valence-corrected chi connectivity index (χ3v) is 2.98. The van der Waals surface area contributed by atoms with E-state index in [1.54, 1.807) is 0 Å². The molecule has 0 fully saturated rings. The Balaban J connectivity index is 2.02. The monoisotopic (exact) mass is 270 g/mol. The van der Waals surface area contributed by atoms with Crippen LogP contribution in [-0.2, 0) is 0 Å². The minimum atomic E-state index is 0.186. The molecular weight excluding hydrogens is 248 g/mol. The van der Waals surface area contributed by atoms with Gasteiger partial charge < -0.3 is 9.47 Å². The first-order valence-corrected chi connectivity index (χ1v) is 7.09. The largest absolute Gasteiger partial charge is 0.491 e. The van der Waals surface area contributed by atoms with Gasteiger partial charge in [-0.2, -0.15) is 0 Å². The minimum Gasteiger partial charge on any atom is -0.491 e. The van der Waals surface area contributed by atoms with Crippen molar-refractivity contribution in [1.82, 2.24) is 0 Å². The molecule has 0 bridgehead atoms. The molecule has 2 rings (SSSR count). The molecule has 2 aromatic carbocycles. The summed E-state index contributed by atoms with van der Waals surface area (Å²) in [6.45, 7) is 8.40. The van der Waals surface area contributed by atoms with Gasteiger partial charge in [0.1, 0.15) is 17.2 Å². The first-order valence-electron chi connectivity index (χ1n) is 7.09. The summed E-state index contributed by atoms with van der Waals surface area (Å²) >= 11 is 0. The third kappa shape index (κ3) is 4.02. The molecule has 106 valence electrons. The Kier molecular flexibility index (Phi) is 4.67. The van der Waals surface area contributed by atoms with Crippen LogP contribution in [-0.4, -0.2) is 6.10 Å². The van der Waals surface area contributed by atoms with E-state index in [1.165, 1.54) is 5.56 Å². The van der Waals surface area contributed by atoms with Crippen LogP contribution in [0.5, 0.6) is 17.2 Å². The molecular formula is C18H22O2. The molecule has 0 amide bonds. The van der Waals surface area contributed by atoms with E-state index in [4.69, 9.17) is 9.47 Å². The minimum absolute atomic E-state index is 0.186. The van der Waals surface area contributed by atoms with E-state index in [1.807, 2.05) is 50.2 Å². The van der Waals surface area contributed by atoms with E-state index >= 15 is 0 Å². The van der Waals surface area contributed by atoms with Gasteiger partial charge in [-0.3, -0.25) is 0 Å². The van der Waals surface area contributed by atoms with Crippen LogP contribution in [0, 0.1) is 0 Å². The van der Waals surface area contributed by atoms with Crippen LogP contribution in [0.4, 0.5) is 0 Å². The quantitative estimate of drug-likeness (QED) is 0.725. The number of ether oxygens (including phenoxy) is 2.